The normalized spacial score (nSPS) is 18.8. The molecule has 0 saturated carbocycles. The SMILES string of the molecule is Nc1cnc(N2CCCC2c2ccncc2)c(Br)c1. The van der Waals surface area contributed by atoms with E-state index in [2.05, 4.69) is 42.9 Å². The lowest BCUT2D eigenvalue weighted by Crippen LogP contribution is -2.24. The first kappa shape index (κ1) is 12.4. The van der Waals surface area contributed by atoms with Crippen LogP contribution < -0.4 is 10.6 Å². The average molecular weight is 319 g/mol. The second-order valence-corrected chi connectivity index (χ2v) is 5.56. The molecule has 4 nitrogen and oxygen atoms in total. The Morgan fingerprint density at radius 1 is 1.32 bits per heavy atom. The van der Waals surface area contributed by atoms with E-state index < -0.39 is 0 Å². The number of pyridine rings is 2. The van der Waals surface area contributed by atoms with Gasteiger partial charge in [0.25, 0.3) is 0 Å². The summed E-state index contributed by atoms with van der Waals surface area (Å²) >= 11 is 3.56. The van der Waals surface area contributed by atoms with Gasteiger partial charge in [0.15, 0.2) is 0 Å². The van der Waals surface area contributed by atoms with Crippen LogP contribution in [0.1, 0.15) is 24.4 Å². The summed E-state index contributed by atoms with van der Waals surface area (Å²) in [5.74, 6) is 0.966. The van der Waals surface area contributed by atoms with E-state index in [0.717, 1.165) is 23.3 Å². The summed E-state index contributed by atoms with van der Waals surface area (Å²) in [4.78, 5) is 10.9. The van der Waals surface area contributed by atoms with Crippen molar-refractivity contribution in [1.29, 1.82) is 0 Å². The van der Waals surface area contributed by atoms with Crippen molar-refractivity contribution in [3.05, 3.63) is 46.8 Å². The summed E-state index contributed by atoms with van der Waals surface area (Å²) < 4.78 is 0.952. The van der Waals surface area contributed by atoms with Crippen LogP contribution in [-0.4, -0.2) is 16.5 Å². The third kappa shape index (κ3) is 2.42. The molecular weight excluding hydrogens is 304 g/mol. The Balaban J connectivity index is 1.95. The molecule has 1 unspecified atom stereocenters. The number of nitrogen functional groups attached to an aromatic ring is 1. The highest BCUT2D eigenvalue weighted by Crippen LogP contribution is 2.38. The minimum absolute atomic E-state index is 0.371. The molecule has 0 spiro atoms. The van der Waals surface area contributed by atoms with Crippen molar-refractivity contribution in [3.8, 4) is 0 Å². The van der Waals surface area contributed by atoms with E-state index in [4.69, 9.17) is 5.73 Å². The zero-order valence-corrected chi connectivity index (χ0v) is 12.0. The Kier molecular flexibility index (Phi) is 3.38. The van der Waals surface area contributed by atoms with E-state index in [-0.39, 0.29) is 0 Å². The summed E-state index contributed by atoms with van der Waals surface area (Å²) in [5, 5.41) is 0. The molecule has 0 aromatic carbocycles. The number of nitrogens with zero attached hydrogens (tertiary/aromatic N) is 3. The third-order valence-corrected chi connectivity index (χ3v) is 4.04. The van der Waals surface area contributed by atoms with Crippen LogP contribution in [0.15, 0.2) is 41.3 Å². The second kappa shape index (κ2) is 5.17. The van der Waals surface area contributed by atoms with Gasteiger partial charge in [0.05, 0.1) is 22.4 Å². The van der Waals surface area contributed by atoms with Gasteiger partial charge >= 0.3 is 0 Å². The molecular formula is C14H15BrN4. The predicted octanol–water partition coefficient (Wildman–Crippen LogP) is 3.16. The molecule has 1 aliphatic heterocycles. The number of hydrogen-bond acceptors (Lipinski definition) is 4. The van der Waals surface area contributed by atoms with Gasteiger partial charge in [-0.1, -0.05) is 0 Å². The van der Waals surface area contributed by atoms with Gasteiger partial charge in [-0.05, 0) is 52.5 Å². The topological polar surface area (TPSA) is 55.0 Å². The number of halogens is 1. The highest BCUT2D eigenvalue weighted by Gasteiger charge is 2.28. The fourth-order valence-corrected chi connectivity index (χ4v) is 3.20. The van der Waals surface area contributed by atoms with Gasteiger partial charge in [-0.2, -0.15) is 0 Å². The first-order chi connectivity index (χ1) is 9.25. The Hall–Kier alpha value is -1.62. The molecule has 5 heteroatoms. The van der Waals surface area contributed by atoms with E-state index >= 15 is 0 Å². The van der Waals surface area contributed by atoms with Gasteiger partial charge in [0, 0.05) is 18.9 Å². The standard InChI is InChI=1S/C14H15BrN4/c15-12-8-11(16)9-18-14(12)19-7-1-2-13(19)10-3-5-17-6-4-10/h3-6,8-9,13H,1-2,7,16H2. The molecule has 1 saturated heterocycles. The fourth-order valence-electron chi connectivity index (χ4n) is 2.61. The molecule has 2 N–H and O–H groups in total. The summed E-state index contributed by atoms with van der Waals surface area (Å²) in [7, 11) is 0. The van der Waals surface area contributed by atoms with Crippen molar-refractivity contribution in [2.75, 3.05) is 17.2 Å². The lowest BCUT2D eigenvalue weighted by Gasteiger charge is -2.27. The summed E-state index contributed by atoms with van der Waals surface area (Å²) in [6, 6.07) is 6.43. The fraction of sp³-hybridized carbons (Fsp3) is 0.286. The number of rotatable bonds is 2. The van der Waals surface area contributed by atoms with Gasteiger partial charge in [0.2, 0.25) is 0 Å². The number of anilines is 2. The molecule has 0 aliphatic carbocycles. The molecule has 3 heterocycles. The summed E-state index contributed by atoms with van der Waals surface area (Å²) in [5.41, 5.74) is 7.72. The molecule has 2 aromatic heterocycles. The lowest BCUT2D eigenvalue weighted by atomic mass is 10.1. The van der Waals surface area contributed by atoms with Crippen LogP contribution in [-0.2, 0) is 0 Å². The molecule has 19 heavy (non-hydrogen) atoms. The van der Waals surface area contributed by atoms with Crippen molar-refractivity contribution in [2.24, 2.45) is 0 Å². The number of nitrogens with two attached hydrogens (primary N) is 1. The van der Waals surface area contributed by atoms with E-state index in [0.29, 0.717) is 11.7 Å². The van der Waals surface area contributed by atoms with Crippen molar-refractivity contribution in [3.63, 3.8) is 0 Å². The second-order valence-electron chi connectivity index (χ2n) is 4.71. The maximum absolute atomic E-state index is 5.75. The maximum atomic E-state index is 5.75. The van der Waals surface area contributed by atoms with Crippen LogP contribution in [0.2, 0.25) is 0 Å². The van der Waals surface area contributed by atoms with Crippen LogP contribution in [0.3, 0.4) is 0 Å². The van der Waals surface area contributed by atoms with Crippen LogP contribution >= 0.6 is 15.9 Å². The van der Waals surface area contributed by atoms with E-state index in [1.165, 1.54) is 12.0 Å². The van der Waals surface area contributed by atoms with Crippen LogP contribution in [0.4, 0.5) is 11.5 Å². The highest BCUT2D eigenvalue weighted by molar-refractivity contribution is 9.10. The molecule has 98 valence electrons. The molecule has 1 fully saturated rings. The molecule has 3 rings (SSSR count). The molecule has 0 bridgehead atoms. The average Bonchev–Trinajstić information content (AvgIpc) is 2.89. The Morgan fingerprint density at radius 3 is 2.84 bits per heavy atom. The Bertz CT molecular complexity index is 573. The minimum Gasteiger partial charge on any atom is -0.397 e. The first-order valence-electron chi connectivity index (χ1n) is 6.33. The van der Waals surface area contributed by atoms with Crippen LogP contribution in [0, 0.1) is 0 Å². The van der Waals surface area contributed by atoms with E-state index in [1.807, 2.05) is 18.5 Å². The van der Waals surface area contributed by atoms with Crippen molar-refractivity contribution in [1.82, 2.24) is 9.97 Å². The third-order valence-electron chi connectivity index (χ3n) is 3.46. The van der Waals surface area contributed by atoms with E-state index in [1.54, 1.807) is 6.20 Å². The number of aromatic nitrogens is 2. The zero-order chi connectivity index (χ0) is 13.2. The molecule has 1 aliphatic rings. The van der Waals surface area contributed by atoms with E-state index in [9.17, 15) is 0 Å². The van der Waals surface area contributed by atoms with Gasteiger partial charge in [-0.3, -0.25) is 4.98 Å². The van der Waals surface area contributed by atoms with Crippen molar-refractivity contribution < 1.29 is 0 Å². The zero-order valence-electron chi connectivity index (χ0n) is 10.5. The van der Waals surface area contributed by atoms with Gasteiger partial charge < -0.3 is 10.6 Å². The van der Waals surface area contributed by atoms with Gasteiger partial charge in [-0.25, -0.2) is 4.98 Å². The van der Waals surface area contributed by atoms with Crippen molar-refractivity contribution in [2.45, 2.75) is 18.9 Å². The van der Waals surface area contributed by atoms with Crippen molar-refractivity contribution >= 4 is 27.4 Å². The minimum atomic E-state index is 0.371. The van der Waals surface area contributed by atoms with Gasteiger partial charge in [-0.15, -0.1) is 0 Å². The summed E-state index contributed by atoms with van der Waals surface area (Å²) in [6.45, 7) is 1.02. The largest absolute Gasteiger partial charge is 0.397 e. The number of hydrogen-bond donors (Lipinski definition) is 1. The van der Waals surface area contributed by atoms with Crippen LogP contribution in [0.25, 0.3) is 0 Å². The lowest BCUT2D eigenvalue weighted by molar-refractivity contribution is 0.709. The quantitative estimate of drug-likeness (QED) is 0.924. The predicted molar refractivity (Wildman–Crippen MR) is 79.9 cm³/mol. The Labute approximate surface area is 120 Å². The van der Waals surface area contributed by atoms with Crippen LogP contribution in [0.5, 0.6) is 0 Å². The molecule has 0 amide bonds. The summed E-state index contributed by atoms with van der Waals surface area (Å²) in [6.07, 6.45) is 7.71. The smallest absolute Gasteiger partial charge is 0.143 e. The monoisotopic (exact) mass is 318 g/mol. The molecule has 0 radical (unpaired) electrons. The Morgan fingerprint density at radius 2 is 2.11 bits per heavy atom. The van der Waals surface area contributed by atoms with Gasteiger partial charge in [0.1, 0.15) is 5.82 Å². The molecule has 2 aromatic rings. The molecule has 1 atom stereocenters. The maximum Gasteiger partial charge on any atom is 0.143 e. The first-order valence-corrected chi connectivity index (χ1v) is 7.12. The highest BCUT2D eigenvalue weighted by atomic mass is 79.9.